The number of anilines is 1. The van der Waals surface area contributed by atoms with Crippen LogP contribution >= 0.6 is 0 Å². The minimum absolute atomic E-state index is 0.167. The zero-order valence-electron chi connectivity index (χ0n) is 15.5. The Labute approximate surface area is 160 Å². The molecule has 0 spiro atoms. The summed E-state index contributed by atoms with van der Waals surface area (Å²) in [6.45, 7) is 0.475. The van der Waals surface area contributed by atoms with Gasteiger partial charge in [0.25, 0.3) is 0 Å². The number of likely N-dealkylation sites (N-methyl/N-ethyl adjacent to an activating group) is 1. The average molecular weight is 391 g/mol. The fourth-order valence-electron chi connectivity index (χ4n) is 2.44. The van der Waals surface area contributed by atoms with Crippen LogP contribution in [0.1, 0.15) is 11.1 Å². The van der Waals surface area contributed by atoms with Crippen molar-refractivity contribution in [1.29, 1.82) is 0 Å². The first-order valence-electron chi connectivity index (χ1n) is 8.43. The van der Waals surface area contributed by atoms with E-state index in [2.05, 4.69) is 10.3 Å². The molecule has 1 aromatic heterocycles. The Balaban J connectivity index is 2.34. The van der Waals surface area contributed by atoms with Crippen LogP contribution in [0, 0.1) is 0 Å². The van der Waals surface area contributed by atoms with Gasteiger partial charge in [0.1, 0.15) is 12.1 Å². The van der Waals surface area contributed by atoms with Gasteiger partial charge in [-0.1, -0.05) is 30.3 Å². The second kappa shape index (κ2) is 9.27. The van der Waals surface area contributed by atoms with Crippen molar-refractivity contribution < 1.29 is 22.8 Å². The number of halogens is 3. The molecule has 28 heavy (non-hydrogen) atoms. The van der Waals surface area contributed by atoms with Gasteiger partial charge >= 0.3 is 6.18 Å². The highest BCUT2D eigenvalue weighted by Gasteiger charge is 2.35. The Bertz CT molecular complexity index is 877. The van der Waals surface area contributed by atoms with E-state index in [1.165, 1.54) is 18.3 Å². The maximum atomic E-state index is 13.5. The first-order chi connectivity index (χ1) is 13.2. The van der Waals surface area contributed by atoms with Gasteiger partial charge in [-0.2, -0.15) is 13.2 Å². The zero-order valence-corrected chi connectivity index (χ0v) is 15.5. The quantitative estimate of drug-likeness (QED) is 0.579. The molecule has 8 heteroatoms. The molecule has 0 saturated carbocycles. The van der Waals surface area contributed by atoms with Gasteiger partial charge in [-0.15, -0.1) is 0 Å². The number of carbonyl (C=O) groups excluding carboxylic acids is 2. The Hall–Kier alpha value is -3.00. The number of hydrogen-bond acceptors (Lipinski definition) is 4. The Morgan fingerprint density at radius 3 is 2.61 bits per heavy atom. The summed E-state index contributed by atoms with van der Waals surface area (Å²) < 4.78 is 40.5. The van der Waals surface area contributed by atoms with Crippen molar-refractivity contribution in [2.24, 2.45) is 0 Å². The number of nitrogens with zero attached hydrogens (tertiary/aromatic N) is 2. The van der Waals surface area contributed by atoms with Gasteiger partial charge in [-0.25, -0.2) is 4.98 Å². The van der Waals surface area contributed by atoms with E-state index < -0.39 is 23.5 Å². The molecule has 0 radical (unpaired) electrons. The molecule has 0 aliphatic heterocycles. The minimum atomic E-state index is -4.70. The fraction of sp³-hybridized carbons (Fsp3) is 0.250. The summed E-state index contributed by atoms with van der Waals surface area (Å²) in [7, 11) is 3.60. The van der Waals surface area contributed by atoms with E-state index in [9.17, 15) is 22.8 Å². The van der Waals surface area contributed by atoms with Crippen molar-refractivity contribution in [2.75, 3.05) is 26.0 Å². The first-order valence-corrected chi connectivity index (χ1v) is 8.43. The predicted octanol–water partition coefficient (Wildman–Crippen LogP) is 3.57. The highest BCUT2D eigenvalue weighted by molar-refractivity contribution is 5.99. The number of alkyl halides is 3. The lowest BCUT2D eigenvalue weighted by atomic mass is 10.0. The van der Waals surface area contributed by atoms with Crippen LogP contribution in [0.3, 0.4) is 0 Å². The third-order valence-electron chi connectivity index (χ3n) is 3.75. The number of pyridine rings is 1. The molecule has 1 heterocycles. The topological polar surface area (TPSA) is 62.3 Å². The van der Waals surface area contributed by atoms with Crippen LogP contribution in [0.4, 0.5) is 19.0 Å². The van der Waals surface area contributed by atoms with Gasteiger partial charge in [0.05, 0.1) is 5.56 Å². The van der Waals surface area contributed by atoms with E-state index in [4.69, 9.17) is 0 Å². The first kappa shape index (κ1) is 21.3. The van der Waals surface area contributed by atoms with Crippen LogP contribution in [0.2, 0.25) is 0 Å². The smallest absolute Gasteiger partial charge is 0.307 e. The van der Waals surface area contributed by atoms with Crippen molar-refractivity contribution in [3.63, 3.8) is 0 Å². The highest BCUT2D eigenvalue weighted by atomic mass is 19.4. The number of nitrogens with one attached hydrogen (secondary N) is 1. The molecule has 0 fully saturated rings. The largest absolute Gasteiger partial charge is 0.419 e. The monoisotopic (exact) mass is 391 g/mol. The summed E-state index contributed by atoms with van der Waals surface area (Å²) >= 11 is 0. The van der Waals surface area contributed by atoms with Crippen molar-refractivity contribution in [2.45, 2.75) is 12.6 Å². The molecular weight excluding hydrogens is 371 g/mol. The number of hydrogen-bond donors (Lipinski definition) is 1. The lowest BCUT2D eigenvalue weighted by Gasteiger charge is -2.14. The molecule has 0 saturated heterocycles. The number of aldehydes is 1. The summed E-state index contributed by atoms with van der Waals surface area (Å²) in [5.41, 5.74) is 0.381. The number of benzene rings is 1. The fourth-order valence-corrected chi connectivity index (χ4v) is 2.44. The summed E-state index contributed by atoms with van der Waals surface area (Å²) in [4.78, 5) is 28.2. The standard InChI is InChI=1S/C20H20F3N3O2/c1-26(2)9-4-7-18(28)25-19-17(20(21,22)23)12-16(13-24-19)15-6-3-5-14(11-15)8-10-27/h3-7,10-13H,8-9H2,1-2H3,(H,24,25,28)/b7-4+. The van der Waals surface area contributed by atoms with E-state index in [1.54, 1.807) is 43.3 Å². The number of carbonyl (C=O) groups is 2. The molecule has 5 nitrogen and oxygen atoms in total. The molecule has 2 aromatic rings. The van der Waals surface area contributed by atoms with Crippen LogP contribution in [0.15, 0.2) is 48.7 Å². The molecule has 0 bridgehead atoms. The van der Waals surface area contributed by atoms with Gasteiger partial charge < -0.3 is 15.0 Å². The third-order valence-corrected chi connectivity index (χ3v) is 3.75. The Morgan fingerprint density at radius 2 is 1.96 bits per heavy atom. The van der Waals surface area contributed by atoms with Crippen molar-refractivity contribution in [1.82, 2.24) is 9.88 Å². The molecule has 0 atom stereocenters. The van der Waals surface area contributed by atoms with Gasteiger partial charge in [-0.05, 0) is 31.3 Å². The van der Waals surface area contributed by atoms with E-state index in [0.29, 0.717) is 17.7 Å². The van der Waals surface area contributed by atoms with Crippen molar-refractivity contribution >= 4 is 18.0 Å². The number of aromatic nitrogens is 1. The maximum Gasteiger partial charge on any atom is 0.419 e. The van der Waals surface area contributed by atoms with E-state index >= 15 is 0 Å². The van der Waals surface area contributed by atoms with Gasteiger partial charge in [-0.3, -0.25) is 4.79 Å². The molecule has 0 unspecified atom stereocenters. The summed E-state index contributed by atoms with van der Waals surface area (Å²) in [6, 6.07) is 7.57. The summed E-state index contributed by atoms with van der Waals surface area (Å²) in [5, 5.41) is 2.18. The van der Waals surface area contributed by atoms with Crippen LogP contribution < -0.4 is 5.32 Å². The molecule has 2 rings (SSSR count). The molecule has 0 aliphatic carbocycles. The highest BCUT2D eigenvalue weighted by Crippen LogP contribution is 2.36. The third kappa shape index (κ3) is 6.02. The van der Waals surface area contributed by atoms with Gasteiger partial charge in [0.2, 0.25) is 5.91 Å². The normalized spacial score (nSPS) is 11.8. The lowest BCUT2D eigenvalue weighted by molar-refractivity contribution is -0.137. The second-order valence-corrected chi connectivity index (χ2v) is 6.34. The second-order valence-electron chi connectivity index (χ2n) is 6.34. The van der Waals surface area contributed by atoms with Crippen LogP contribution in [0.5, 0.6) is 0 Å². The van der Waals surface area contributed by atoms with Gasteiger partial charge in [0, 0.05) is 30.8 Å². The predicted molar refractivity (Wildman–Crippen MR) is 101 cm³/mol. The van der Waals surface area contributed by atoms with E-state index in [-0.39, 0.29) is 12.0 Å². The zero-order chi connectivity index (χ0) is 20.7. The SMILES string of the molecule is CN(C)C/C=C/C(=O)Nc1ncc(-c2cccc(CC=O)c2)cc1C(F)(F)F. The molecule has 1 aromatic carbocycles. The molecule has 0 aliphatic rings. The van der Waals surface area contributed by atoms with Crippen LogP contribution in [-0.2, 0) is 22.2 Å². The van der Waals surface area contributed by atoms with E-state index in [1.807, 2.05) is 0 Å². The van der Waals surface area contributed by atoms with Crippen LogP contribution in [-0.4, -0.2) is 42.7 Å². The van der Waals surface area contributed by atoms with E-state index in [0.717, 1.165) is 12.4 Å². The summed E-state index contributed by atoms with van der Waals surface area (Å²) in [6.07, 6.45) is 0.156. The molecule has 1 N–H and O–H groups in total. The van der Waals surface area contributed by atoms with Crippen molar-refractivity contribution in [3.05, 3.63) is 59.8 Å². The average Bonchev–Trinajstić information content (AvgIpc) is 2.61. The Kier molecular flexibility index (Phi) is 7.06. The molecule has 148 valence electrons. The number of amides is 1. The summed E-state index contributed by atoms with van der Waals surface area (Å²) in [5.74, 6) is -1.25. The Morgan fingerprint density at radius 1 is 1.21 bits per heavy atom. The number of rotatable bonds is 7. The van der Waals surface area contributed by atoms with Crippen molar-refractivity contribution in [3.8, 4) is 11.1 Å². The minimum Gasteiger partial charge on any atom is -0.307 e. The maximum absolute atomic E-state index is 13.5. The van der Waals surface area contributed by atoms with Gasteiger partial charge in [0.15, 0.2) is 0 Å². The lowest BCUT2D eigenvalue weighted by Crippen LogP contribution is -2.17. The molecular formula is C20H20F3N3O2. The molecule has 1 amide bonds. The van der Waals surface area contributed by atoms with Crippen LogP contribution in [0.25, 0.3) is 11.1 Å².